The van der Waals surface area contributed by atoms with E-state index in [0.717, 1.165) is 16.0 Å². The zero-order valence-electron chi connectivity index (χ0n) is 14.8. The summed E-state index contributed by atoms with van der Waals surface area (Å²) >= 11 is 0. The summed E-state index contributed by atoms with van der Waals surface area (Å²) in [4.78, 5) is 48.9. The van der Waals surface area contributed by atoms with Crippen molar-refractivity contribution >= 4 is 23.7 Å². The van der Waals surface area contributed by atoms with Crippen LogP contribution < -0.4 is 5.32 Å². The number of rotatable bonds is 6. The first-order chi connectivity index (χ1) is 11.7. The lowest BCUT2D eigenvalue weighted by Gasteiger charge is -2.18. The number of carbonyl (C=O) groups is 4. The number of hydrogen-bond donors (Lipinski definition) is 1. The molecule has 7 nitrogen and oxygen atoms in total. The zero-order chi connectivity index (χ0) is 18.8. The molecule has 0 saturated carbocycles. The van der Waals surface area contributed by atoms with Crippen LogP contribution in [-0.4, -0.2) is 47.3 Å². The third-order valence-corrected chi connectivity index (χ3v) is 4.39. The van der Waals surface area contributed by atoms with E-state index in [9.17, 15) is 19.2 Å². The molecular weight excluding hydrogens is 324 g/mol. The predicted molar refractivity (Wildman–Crippen MR) is 90.1 cm³/mol. The highest BCUT2D eigenvalue weighted by Crippen LogP contribution is 2.20. The smallest absolute Gasteiger partial charge is 0.326 e. The van der Waals surface area contributed by atoms with Gasteiger partial charge in [-0.25, -0.2) is 4.79 Å². The normalized spacial score (nSPS) is 19.8. The summed E-state index contributed by atoms with van der Waals surface area (Å²) in [5, 5.41) is 2.55. The van der Waals surface area contributed by atoms with Crippen molar-refractivity contribution in [2.24, 2.45) is 0 Å². The first kappa shape index (κ1) is 18.6. The minimum absolute atomic E-state index is 0.332. The van der Waals surface area contributed by atoms with Crippen molar-refractivity contribution in [2.75, 3.05) is 13.2 Å². The molecular formula is C18H22N2O5. The Morgan fingerprint density at radius 1 is 1.24 bits per heavy atom. The Labute approximate surface area is 146 Å². The van der Waals surface area contributed by atoms with Crippen molar-refractivity contribution in [3.8, 4) is 0 Å². The number of Topliss-reactive ketones (excluding diaryl/α,β-unsaturated/α-hetero) is 1. The molecule has 0 bridgehead atoms. The van der Waals surface area contributed by atoms with E-state index in [1.54, 1.807) is 32.9 Å². The van der Waals surface area contributed by atoms with Gasteiger partial charge in [0.1, 0.15) is 12.1 Å². The number of aryl methyl sites for hydroxylation is 2. The van der Waals surface area contributed by atoms with E-state index in [1.165, 1.54) is 0 Å². The molecule has 1 atom stereocenters. The molecule has 0 aromatic heterocycles. The maximum Gasteiger partial charge on any atom is 0.326 e. The van der Waals surface area contributed by atoms with Gasteiger partial charge in [0.15, 0.2) is 6.61 Å². The Balaban J connectivity index is 1.94. The van der Waals surface area contributed by atoms with E-state index < -0.39 is 36.6 Å². The van der Waals surface area contributed by atoms with Gasteiger partial charge in [-0.2, -0.15) is 0 Å². The number of benzene rings is 1. The molecule has 1 saturated heterocycles. The maximum atomic E-state index is 12.2. The summed E-state index contributed by atoms with van der Waals surface area (Å²) in [6, 6.07) is 4.73. The summed E-state index contributed by atoms with van der Waals surface area (Å²) in [7, 11) is 0. The molecule has 1 aromatic carbocycles. The van der Waals surface area contributed by atoms with Crippen LogP contribution in [0.3, 0.4) is 0 Å². The molecule has 1 N–H and O–H groups in total. The Morgan fingerprint density at radius 2 is 1.92 bits per heavy atom. The first-order valence-corrected chi connectivity index (χ1v) is 8.08. The molecule has 25 heavy (non-hydrogen) atoms. The standard InChI is InChI=1S/C18H22N2O5/c1-5-18(4)16(23)20(17(24)19-18)9-15(22)25-10-14(21)13-7-6-11(2)8-12(13)3/h6-8H,5,9-10H2,1-4H3,(H,19,24)/t18-/m1/s1. The molecule has 1 fully saturated rings. The van der Waals surface area contributed by atoms with Crippen LogP contribution in [-0.2, 0) is 14.3 Å². The van der Waals surface area contributed by atoms with Gasteiger partial charge in [-0.05, 0) is 32.8 Å². The number of nitrogens with zero attached hydrogens (tertiary/aromatic N) is 1. The lowest BCUT2D eigenvalue weighted by Crippen LogP contribution is -2.43. The summed E-state index contributed by atoms with van der Waals surface area (Å²) in [6.07, 6.45) is 0.411. The van der Waals surface area contributed by atoms with Crippen LogP contribution in [0.1, 0.15) is 41.8 Å². The number of ketones is 1. The Hall–Kier alpha value is -2.70. The molecule has 1 aliphatic rings. The van der Waals surface area contributed by atoms with Gasteiger partial charge in [-0.3, -0.25) is 19.3 Å². The number of hydrogen-bond acceptors (Lipinski definition) is 5. The Bertz CT molecular complexity index is 743. The monoisotopic (exact) mass is 346 g/mol. The van der Waals surface area contributed by atoms with Crippen molar-refractivity contribution in [3.63, 3.8) is 0 Å². The fraction of sp³-hybridized carbons (Fsp3) is 0.444. The second kappa shape index (κ2) is 7.04. The van der Waals surface area contributed by atoms with E-state index >= 15 is 0 Å². The third-order valence-electron chi connectivity index (χ3n) is 4.39. The van der Waals surface area contributed by atoms with E-state index in [4.69, 9.17) is 4.74 Å². The van der Waals surface area contributed by atoms with Crippen molar-refractivity contribution < 1.29 is 23.9 Å². The Kier molecular flexibility index (Phi) is 5.25. The average molecular weight is 346 g/mol. The zero-order valence-corrected chi connectivity index (χ0v) is 14.8. The quantitative estimate of drug-likeness (QED) is 0.481. The highest BCUT2D eigenvalue weighted by molar-refractivity contribution is 6.08. The largest absolute Gasteiger partial charge is 0.456 e. The van der Waals surface area contributed by atoms with Gasteiger partial charge in [0.2, 0.25) is 5.78 Å². The van der Waals surface area contributed by atoms with Crippen LogP contribution in [0.5, 0.6) is 0 Å². The van der Waals surface area contributed by atoms with E-state index in [2.05, 4.69) is 5.32 Å². The van der Waals surface area contributed by atoms with Crippen molar-refractivity contribution in [3.05, 3.63) is 34.9 Å². The first-order valence-electron chi connectivity index (χ1n) is 8.08. The Morgan fingerprint density at radius 3 is 2.48 bits per heavy atom. The van der Waals surface area contributed by atoms with E-state index in [1.807, 2.05) is 13.0 Å². The molecule has 1 aromatic rings. The number of urea groups is 1. The fourth-order valence-corrected chi connectivity index (χ4v) is 2.66. The number of carbonyl (C=O) groups excluding carboxylic acids is 4. The summed E-state index contributed by atoms with van der Waals surface area (Å²) < 4.78 is 4.94. The van der Waals surface area contributed by atoms with Crippen LogP contribution in [0.25, 0.3) is 0 Å². The topological polar surface area (TPSA) is 92.8 Å². The van der Waals surface area contributed by atoms with Crippen molar-refractivity contribution in [2.45, 2.75) is 39.7 Å². The van der Waals surface area contributed by atoms with E-state index in [-0.39, 0.29) is 5.78 Å². The SMILES string of the molecule is CC[C@@]1(C)NC(=O)N(CC(=O)OCC(=O)c2ccc(C)cc2C)C1=O. The van der Waals surface area contributed by atoms with Gasteiger partial charge in [0.25, 0.3) is 5.91 Å². The second-order valence-electron chi connectivity index (χ2n) is 6.41. The molecule has 0 aliphatic carbocycles. The molecule has 0 radical (unpaired) electrons. The van der Waals surface area contributed by atoms with E-state index in [0.29, 0.717) is 12.0 Å². The number of imide groups is 1. The van der Waals surface area contributed by atoms with Gasteiger partial charge in [0, 0.05) is 5.56 Å². The summed E-state index contributed by atoms with van der Waals surface area (Å²) in [5.41, 5.74) is 1.30. The fourth-order valence-electron chi connectivity index (χ4n) is 2.66. The molecule has 0 unspecified atom stereocenters. The van der Waals surface area contributed by atoms with Gasteiger partial charge in [0.05, 0.1) is 0 Å². The van der Waals surface area contributed by atoms with Gasteiger partial charge < -0.3 is 10.1 Å². The summed E-state index contributed by atoms with van der Waals surface area (Å²) in [5.74, 6) is -1.61. The van der Waals surface area contributed by atoms with Crippen molar-refractivity contribution in [1.82, 2.24) is 10.2 Å². The van der Waals surface area contributed by atoms with Gasteiger partial charge >= 0.3 is 12.0 Å². The maximum absolute atomic E-state index is 12.2. The lowest BCUT2D eigenvalue weighted by atomic mass is 9.99. The molecule has 1 heterocycles. The van der Waals surface area contributed by atoms with Gasteiger partial charge in [-0.15, -0.1) is 0 Å². The number of esters is 1. The average Bonchev–Trinajstić information content (AvgIpc) is 2.76. The van der Waals surface area contributed by atoms with Crippen LogP contribution in [0.4, 0.5) is 4.79 Å². The predicted octanol–water partition coefficient (Wildman–Crippen LogP) is 1.75. The molecule has 2 rings (SSSR count). The minimum atomic E-state index is -1.01. The lowest BCUT2D eigenvalue weighted by molar-refractivity contribution is -0.146. The molecule has 0 spiro atoms. The molecule has 134 valence electrons. The summed E-state index contributed by atoms with van der Waals surface area (Å²) in [6.45, 7) is 6.15. The van der Waals surface area contributed by atoms with Crippen LogP contribution in [0, 0.1) is 13.8 Å². The number of amides is 3. The highest BCUT2D eigenvalue weighted by atomic mass is 16.5. The van der Waals surface area contributed by atoms with Gasteiger partial charge in [-0.1, -0.05) is 30.7 Å². The van der Waals surface area contributed by atoms with Crippen LogP contribution >= 0.6 is 0 Å². The van der Waals surface area contributed by atoms with Crippen LogP contribution in [0.2, 0.25) is 0 Å². The van der Waals surface area contributed by atoms with Crippen LogP contribution in [0.15, 0.2) is 18.2 Å². The minimum Gasteiger partial charge on any atom is -0.456 e. The molecule has 7 heteroatoms. The second-order valence-corrected chi connectivity index (χ2v) is 6.41. The third kappa shape index (κ3) is 3.87. The van der Waals surface area contributed by atoms with Crippen molar-refractivity contribution in [1.29, 1.82) is 0 Å². The highest BCUT2D eigenvalue weighted by Gasteiger charge is 2.47. The number of ether oxygens (including phenoxy) is 1. The molecule has 3 amide bonds. The number of nitrogens with one attached hydrogen (secondary N) is 1. The molecule has 1 aliphatic heterocycles.